The van der Waals surface area contributed by atoms with Crippen LogP contribution in [-0.2, 0) is 17.8 Å². The first-order chi connectivity index (χ1) is 11.5. The number of nitrogens with zero attached hydrogens (tertiary/aromatic N) is 3. The van der Waals surface area contributed by atoms with E-state index in [0.29, 0.717) is 18.5 Å². The highest BCUT2D eigenvalue weighted by Gasteiger charge is 2.35. The van der Waals surface area contributed by atoms with E-state index in [2.05, 4.69) is 41.0 Å². The van der Waals surface area contributed by atoms with Gasteiger partial charge in [-0.05, 0) is 36.3 Å². The molecule has 3 heterocycles. The number of carbonyl (C=O) groups is 1. The van der Waals surface area contributed by atoms with Crippen LogP contribution in [0.5, 0.6) is 0 Å². The Hall–Kier alpha value is -1.39. The molecule has 4 nitrogen and oxygen atoms in total. The Balaban J connectivity index is 1.63. The number of hydrogen-bond donors (Lipinski definition) is 0. The lowest BCUT2D eigenvalue weighted by molar-refractivity contribution is -0.130. The molecule has 132 valence electrons. The molecule has 3 aliphatic heterocycles. The SMILES string of the molecule is CCc1ccc(CN2C[C@H]3CC[C@@H]2CN(CC(=O)N(C)C)C3)cc1. The molecule has 2 bridgehead atoms. The number of carbonyl (C=O) groups excluding carboxylic acids is 1. The summed E-state index contributed by atoms with van der Waals surface area (Å²) in [6.07, 6.45) is 3.68. The van der Waals surface area contributed by atoms with Crippen LogP contribution in [0.1, 0.15) is 30.9 Å². The first-order valence-electron chi connectivity index (χ1n) is 9.29. The van der Waals surface area contributed by atoms with Crippen LogP contribution < -0.4 is 0 Å². The zero-order chi connectivity index (χ0) is 17.1. The van der Waals surface area contributed by atoms with Crippen molar-refractivity contribution in [2.45, 2.75) is 38.8 Å². The summed E-state index contributed by atoms with van der Waals surface area (Å²) in [7, 11) is 3.70. The van der Waals surface area contributed by atoms with Crippen molar-refractivity contribution in [3.63, 3.8) is 0 Å². The van der Waals surface area contributed by atoms with Crippen molar-refractivity contribution < 1.29 is 4.79 Å². The van der Waals surface area contributed by atoms with Gasteiger partial charge in [-0.3, -0.25) is 14.6 Å². The molecular weight excluding hydrogens is 298 g/mol. The van der Waals surface area contributed by atoms with E-state index < -0.39 is 0 Å². The maximum Gasteiger partial charge on any atom is 0.236 e. The molecule has 0 aromatic heterocycles. The fourth-order valence-electron chi connectivity index (χ4n) is 4.05. The van der Waals surface area contributed by atoms with E-state index in [1.165, 1.54) is 30.5 Å². The minimum Gasteiger partial charge on any atom is -0.348 e. The summed E-state index contributed by atoms with van der Waals surface area (Å²) in [4.78, 5) is 18.8. The quantitative estimate of drug-likeness (QED) is 0.829. The number of likely N-dealkylation sites (N-methyl/N-ethyl adjacent to an activating group) is 1. The van der Waals surface area contributed by atoms with Crippen molar-refractivity contribution in [1.29, 1.82) is 0 Å². The first kappa shape index (κ1) is 17.4. The normalized spacial score (nSPS) is 24.8. The largest absolute Gasteiger partial charge is 0.348 e. The van der Waals surface area contributed by atoms with Gasteiger partial charge in [-0.25, -0.2) is 0 Å². The Morgan fingerprint density at radius 2 is 1.79 bits per heavy atom. The fourth-order valence-corrected chi connectivity index (χ4v) is 4.05. The van der Waals surface area contributed by atoms with E-state index in [1.54, 1.807) is 4.90 Å². The minimum atomic E-state index is 0.220. The highest BCUT2D eigenvalue weighted by Crippen LogP contribution is 2.29. The molecule has 0 aliphatic carbocycles. The van der Waals surface area contributed by atoms with Gasteiger partial charge in [0.15, 0.2) is 0 Å². The Labute approximate surface area is 146 Å². The van der Waals surface area contributed by atoms with Crippen LogP contribution >= 0.6 is 0 Å². The zero-order valence-corrected chi connectivity index (χ0v) is 15.4. The topological polar surface area (TPSA) is 26.8 Å². The third-order valence-electron chi connectivity index (χ3n) is 5.58. The summed E-state index contributed by atoms with van der Waals surface area (Å²) in [5, 5.41) is 0. The average Bonchev–Trinajstić information content (AvgIpc) is 2.86. The molecule has 1 aromatic rings. The van der Waals surface area contributed by atoms with Gasteiger partial charge in [-0.2, -0.15) is 0 Å². The van der Waals surface area contributed by atoms with Gasteiger partial charge in [0.2, 0.25) is 5.91 Å². The van der Waals surface area contributed by atoms with Gasteiger partial charge in [0.1, 0.15) is 0 Å². The second-order valence-corrected chi connectivity index (χ2v) is 7.68. The molecule has 0 spiro atoms. The molecule has 4 heteroatoms. The van der Waals surface area contributed by atoms with E-state index in [1.807, 2.05) is 14.1 Å². The van der Waals surface area contributed by atoms with Crippen molar-refractivity contribution in [2.75, 3.05) is 40.3 Å². The van der Waals surface area contributed by atoms with Gasteiger partial charge in [0.25, 0.3) is 0 Å². The summed E-state index contributed by atoms with van der Waals surface area (Å²) < 4.78 is 0. The van der Waals surface area contributed by atoms with E-state index in [-0.39, 0.29) is 5.91 Å². The number of aryl methyl sites for hydroxylation is 1. The van der Waals surface area contributed by atoms with Crippen molar-refractivity contribution in [3.05, 3.63) is 35.4 Å². The van der Waals surface area contributed by atoms with Crippen LogP contribution in [0.4, 0.5) is 0 Å². The molecule has 4 rings (SSSR count). The Bertz CT molecular complexity index is 555. The highest BCUT2D eigenvalue weighted by atomic mass is 16.2. The standard InChI is InChI=1S/C20H31N3O/c1-4-16-5-7-17(8-6-16)12-23-13-18-9-10-19(23)14-22(11-18)15-20(24)21(2)3/h5-8,18-19H,4,9-15H2,1-3H3/t18-,19+/m0/s1. The Morgan fingerprint density at radius 1 is 1.08 bits per heavy atom. The lowest BCUT2D eigenvalue weighted by Gasteiger charge is -2.36. The van der Waals surface area contributed by atoms with Crippen LogP contribution in [-0.4, -0.2) is 66.9 Å². The van der Waals surface area contributed by atoms with Crippen LogP contribution in [0.15, 0.2) is 24.3 Å². The molecule has 3 aliphatic rings. The lowest BCUT2D eigenvalue weighted by atomic mass is 9.94. The van der Waals surface area contributed by atoms with Crippen molar-refractivity contribution >= 4 is 5.91 Å². The Kier molecular flexibility index (Phi) is 5.57. The maximum absolute atomic E-state index is 12.1. The van der Waals surface area contributed by atoms with Gasteiger partial charge in [-0.15, -0.1) is 0 Å². The third kappa shape index (κ3) is 4.17. The second kappa shape index (κ2) is 7.66. The molecule has 1 aromatic carbocycles. The number of hydrogen-bond acceptors (Lipinski definition) is 3. The summed E-state index contributed by atoms with van der Waals surface area (Å²) >= 11 is 0. The fraction of sp³-hybridized carbons (Fsp3) is 0.650. The maximum atomic E-state index is 12.1. The predicted molar refractivity (Wildman–Crippen MR) is 97.9 cm³/mol. The summed E-state index contributed by atoms with van der Waals surface area (Å²) in [5.74, 6) is 0.923. The third-order valence-corrected chi connectivity index (χ3v) is 5.58. The summed E-state index contributed by atoms with van der Waals surface area (Å²) in [5.41, 5.74) is 2.82. The number of benzene rings is 1. The number of fused-ring (bicyclic) bond motifs is 4. The molecule has 0 saturated carbocycles. The monoisotopic (exact) mass is 329 g/mol. The highest BCUT2D eigenvalue weighted by molar-refractivity contribution is 5.77. The van der Waals surface area contributed by atoms with Crippen LogP contribution in [0, 0.1) is 5.92 Å². The summed E-state index contributed by atoms with van der Waals surface area (Å²) in [6.45, 7) is 7.09. The van der Waals surface area contributed by atoms with Crippen molar-refractivity contribution in [2.24, 2.45) is 5.92 Å². The van der Waals surface area contributed by atoms with Gasteiger partial charge in [0.05, 0.1) is 6.54 Å². The van der Waals surface area contributed by atoms with E-state index >= 15 is 0 Å². The van der Waals surface area contributed by atoms with Crippen molar-refractivity contribution in [3.8, 4) is 0 Å². The molecule has 3 saturated heterocycles. The predicted octanol–water partition coefficient (Wildman–Crippen LogP) is 2.23. The van der Waals surface area contributed by atoms with Gasteiger partial charge >= 0.3 is 0 Å². The number of amides is 1. The number of piperidine rings is 1. The van der Waals surface area contributed by atoms with E-state index in [0.717, 1.165) is 26.1 Å². The molecular formula is C20H31N3O. The number of rotatable bonds is 5. The lowest BCUT2D eigenvalue weighted by Crippen LogP contribution is -2.44. The first-order valence-corrected chi connectivity index (χ1v) is 9.29. The molecule has 1 amide bonds. The zero-order valence-electron chi connectivity index (χ0n) is 15.4. The Morgan fingerprint density at radius 3 is 2.46 bits per heavy atom. The molecule has 24 heavy (non-hydrogen) atoms. The van der Waals surface area contributed by atoms with Gasteiger partial charge < -0.3 is 4.90 Å². The van der Waals surface area contributed by atoms with Gasteiger partial charge in [-0.1, -0.05) is 31.2 Å². The average molecular weight is 329 g/mol. The molecule has 0 radical (unpaired) electrons. The van der Waals surface area contributed by atoms with E-state index in [4.69, 9.17) is 0 Å². The summed E-state index contributed by atoms with van der Waals surface area (Å²) in [6, 6.07) is 9.67. The van der Waals surface area contributed by atoms with Crippen LogP contribution in [0.2, 0.25) is 0 Å². The molecule has 2 atom stereocenters. The van der Waals surface area contributed by atoms with E-state index in [9.17, 15) is 4.79 Å². The minimum absolute atomic E-state index is 0.220. The smallest absolute Gasteiger partial charge is 0.236 e. The molecule has 0 N–H and O–H groups in total. The molecule has 3 fully saturated rings. The van der Waals surface area contributed by atoms with Crippen LogP contribution in [0.25, 0.3) is 0 Å². The van der Waals surface area contributed by atoms with Crippen molar-refractivity contribution in [1.82, 2.24) is 14.7 Å². The van der Waals surface area contributed by atoms with Gasteiger partial charge in [0, 0.05) is 46.3 Å². The second-order valence-electron chi connectivity index (χ2n) is 7.68. The van der Waals surface area contributed by atoms with Crippen LogP contribution in [0.3, 0.4) is 0 Å². The molecule has 0 unspecified atom stereocenters.